The molecule has 1 aromatic carbocycles. The van der Waals surface area contributed by atoms with E-state index in [0.29, 0.717) is 37.1 Å². The van der Waals surface area contributed by atoms with Gasteiger partial charge in [-0.05, 0) is 57.7 Å². The molecule has 2 atom stereocenters. The third-order valence-corrected chi connectivity index (χ3v) is 7.28. The Balaban J connectivity index is 1.21. The quantitative estimate of drug-likeness (QED) is 0.635. The molecule has 9 nitrogen and oxygen atoms in total. The molecule has 2 aliphatic heterocycles. The highest BCUT2D eigenvalue weighted by molar-refractivity contribution is 5.75. The van der Waals surface area contributed by atoms with Crippen LogP contribution >= 0.6 is 0 Å². The van der Waals surface area contributed by atoms with E-state index in [1.54, 1.807) is 0 Å². The predicted octanol–water partition coefficient (Wildman–Crippen LogP) is 3.27. The zero-order valence-corrected chi connectivity index (χ0v) is 21.6. The van der Waals surface area contributed by atoms with Crippen molar-refractivity contribution < 1.29 is 9.53 Å². The van der Waals surface area contributed by atoms with Gasteiger partial charge in [0.1, 0.15) is 11.6 Å². The van der Waals surface area contributed by atoms with Crippen molar-refractivity contribution in [1.29, 1.82) is 5.26 Å². The number of likely N-dealkylation sites (tertiary alicyclic amines) is 1. The summed E-state index contributed by atoms with van der Waals surface area (Å²) in [6.07, 6.45) is 4.87. The summed E-state index contributed by atoms with van der Waals surface area (Å²) in [5.41, 5.74) is 1.68. The van der Waals surface area contributed by atoms with E-state index in [1.807, 2.05) is 29.7 Å². The van der Waals surface area contributed by atoms with Gasteiger partial charge in [-0.2, -0.15) is 10.2 Å². The number of aromatic nitrogens is 2. The molecule has 0 saturated carbocycles. The van der Waals surface area contributed by atoms with Crippen molar-refractivity contribution in [3.63, 3.8) is 0 Å². The molecule has 2 saturated heterocycles. The van der Waals surface area contributed by atoms with E-state index in [0.717, 1.165) is 26.1 Å². The van der Waals surface area contributed by atoms with Crippen LogP contribution < -0.4 is 15.0 Å². The lowest BCUT2D eigenvalue weighted by Gasteiger charge is -2.44. The monoisotopic (exact) mass is 491 g/mol. The van der Waals surface area contributed by atoms with Crippen LogP contribution in [-0.2, 0) is 6.54 Å². The number of carbonyl (C=O) groups excluding carboxylic acids is 1. The molecule has 1 aromatic heterocycles. The maximum atomic E-state index is 13.0. The number of anilines is 1. The highest BCUT2D eigenvalue weighted by Gasteiger charge is 2.34. The number of nitrogens with zero attached hydrogens (tertiary/aromatic N) is 6. The largest absolute Gasteiger partial charge is 0.480 e. The molecule has 0 radical (unpaired) electrons. The zero-order valence-electron chi connectivity index (χ0n) is 21.6. The normalized spacial score (nSPS) is 21.2. The van der Waals surface area contributed by atoms with E-state index in [-0.39, 0.29) is 24.0 Å². The van der Waals surface area contributed by atoms with Crippen LogP contribution in [-0.4, -0.2) is 77.7 Å². The van der Waals surface area contributed by atoms with E-state index in [4.69, 9.17) is 4.74 Å². The van der Waals surface area contributed by atoms with Gasteiger partial charge in [-0.25, -0.2) is 9.78 Å². The van der Waals surface area contributed by atoms with Gasteiger partial charge in [0.25, 0.3) is 0 Å². The van der Waals surface area contributed by atoms with Crippen molar-refractivity contribution in [2.24, 2.45) is 5.92 Å². The molecule has 0 spiro atoms. The van der Waals surface area contributed by atoms with E-state index in [9.17, 15) is 10.1 Å². The molecule has 2 unspecified atom stereocenters. The van der Waals surface area contributed by atoms with Gasteiger partial charge >= 0.3 is 6.03 Å². The van der Waals surface area contributed by atoms with Crippen molar-refractivity contribution in [3.8, 4) is 11.9 Å². The molecule has 2 amide bonds. The molecule has 1 N–H and O–H groups in total. The molecule has 4 rings (SSSR count). The van der Waals surface area contributed by atoms with Gasteiger partial charge in [0.15, 0.2) is 0 Å². The second-order valence-electron chi connectivity index (χ2n) is 9.94. The number of benzene rings is 1. The van der Waals surface area contributed by atoms with Crippen molar-refractivity contribution in [2.45, 2.75) is 51.7 Å². The van der Waals surface area contributed by atoms with Crippen molar-refractivity contribution in [3.05, 3.63) is 47.7 Å². The van der Waals surface area contributed by atoms with Crippen LogP contribution in [0.2, 0.25) is 0 Å². The molecule has 0 aliphatic carbocycles. The minimum absolute atomic E-state index is 0.000198. The number of amides is 2. The van der Waals surface area contributed by atoms with Gasteiger partial charge in [-0.3, -0.25) is 4.90 Å². The number of rotatable bonds is 7. The van der Waals surface area contributed by atoms with Crippen LogP contribution in [0, 0.1) is 17.2 Å². The Morgan fingerprint density at radius 3 is 2.50 bits per heavy atom. The first-order valence-electron chi connectivity index (χ1n) is 12.9. The Hall–Kier alpha value is -3.38. The van der Waals surface area contributed by atoms with Crippen molar-refractivity contribution in [2.75, 3.05) is 44.7 Å². The summed E-state index contributed by atoms with van der Waals surface area (Å²) in [6.45, 7) is 9.29. The number of urea groups is 1. The average Bonchev–Trinajstić information content (AvgIpc) is 2.89. The van der Waals surface area contributed by atoms with E-state index in [2.05, 4.69) is 50.5 Å². The topological polar surface area (TPSA) is 97.6 Å². The molecule has 2 aromatic rings. The van der Waals surface area contributed by atoms with Gasteiger partial charge in [-0.1, -0.05) is 30.3 Å². The Bertz CT molecular complexity index is 1040. The standard InChI is InChI=1S/C27H37N7O2/c1-20-17-33(26-30-16-24(15-28)25(31-26)36-3)18-21(2)34(20)27(35)29-12-9-22-10-13-32(14-11-22)19-23-7-5-4-6-8-23/h4-8,16,20-22H,9-14,17-19H2,1-3H3,(H,29,35). The molecule has 36 heavy (non-hydrogen) atoms. The molecule has 3 heterocycles. The fourth-order valence-corrected chi connectivity index (χ4v) is 5.38. The third kappa shape index (κ3) is 6.24. The number of piperidine rings is 1. The zero-order chi connectivity index (χ0) is 25.5. The van der Waals surface area contributed by atoms with Crippen LogP contribution in [0.25, 0.3) is 0 Å². The second-order valence-corrected chi connectivity index (χ2v) is 9.94. The van der Waals surface area contributed by atoms with Crippen LogP contribution in [0.3, 0.4) is 0 Å². The second kappa shape index (κ2) is 12.0. The molecular weight excluding hydrogens is 454 g/mol. The Morgan fingerprint density at radius 1 is 1.17 bits per heavy atom. The molecular formula is C27H37N7O2. The Labute approximate surface area is 214 Å². The molecule has 2 aliphatic rings. The smallest absolute Gasteiger partial charge is 0.318 e. The molecule has 192 valence electrons. The summed E-state index contributed by atoms with van der Waals surface area (Å²) in [5.74, 6) is 1.45. The maximum absolute atomic E-state index is 13.0. The third-order valence-electron chi connectivity index (χ3n) is 7.28. The first-order chi connectivity index (χ1) is 17.5. The van der Waals surface area contributed by atoms with Crippen molar-refractivity contribution in [1.82, 2.24) is 25.1 Å². The number of hydrogen-bond donors (Lipinski definition) is 1. The number of methoxy groups -OCH3 is 1. The van der Waals surface area contributed by atoms with E-state index < -0.39 is 0 Å². The lowest BCUT2D eigenvalue weighted by Crippen LogP contribution is -2.61. The summed E-state index contributed by atoms with van der Waals surface area (Å²) in [4.78, 5) is 28.3. The van der Waals surface area contributed by atoms with Crippen LogP contribution in [0.15, 0.2) is 36.5 Å². The van der Waals surface area contributed by atoms with Gasteiger partial charge in [0, 0.05) is 38.3 Å². The van der Waals surface area contributed by atoms with Crippen LogP contribution in [0.4, 0.5) is 10.7 Å². The lowest BCUT2D eigenvalue weighted by atomic mass is 9.93. The fraction of sp³-hybridized carbons (Fsp3) is 0.556. The summed E-state index contributed by atoms with van der Waals surface area (Å²) < 4.78 is 5.23. The summed E-state index contributed by atoms with van der Waals surface area (Å²) in [7, 11) is 1.49. The van der Waals surface area contributed by atoms with E-state index >= 15 is 0 Å². The molecule has 0 bridgehead atoms. The number of piperazine rings is 1. The minimum atomic E-state index is -0.00510. The van der Waals surface area contributed by atoms with E-state index in [1.165, 1.54) is 31.7 Å². The van der Waals surface area contributed by atoms with Gasteiger partial charge in [-0.15, -0.1) is 0 Å². The van der Waals surface area contributed by atoms with Gasteiger partial charge in [0.2, 0.25) is 11.8 Å². The number of nitriles is 1. The summed E-state index contributed by atoms with van der Waals surface area (Å²) in [6, 6.07) is 12.7. The molecule has 9 heteroatoms. The van der Waals surface area contributed by atoms with Gasteiger partial charge in [0.05, 0.1) is 13.3 Å². The number of nitrogens with one attached hydrogen (secondary N) is 1. The van der Waals surface area contributed by atoms with Crippen LogP contribution in [0.1, 0.15) is 44.2 Å². The lowest BCUT2D eigenvalue weighted by molar-refractivity contribution is 0.139. The number of ether oxygens (including phenoxy) is 1. The Kier molecular flexibility index (Phi) is 8.60. The van der Waals surface area contributed by atoms with Crippen molar-refractivity contribution >= 4 is 12.0 Å². The maximum Gasteiger partial charge on any atom is 0.318 e. The SMILES string of the molecule is COc1nc(N2CC(C)N(C(=O)NCCC3CCN(Cc4ccccc4)CC3)C(C)C2)ncc1C#N. The predicted molar refractivity (Wildman–Crippen MR) is 139 cm³/mol. The summed E-state index contributed by atoms with van der Waals surface area (Å²) >= 11 is 0. The Morgan fingerprint density at radius 2 is 1.86 bits per heavy atom. The van der Waals surface area contributed by atoms with Crippen LogP contribution in [0.5, 0.6) is 5.88 Å². The summed E-state index contributed by atoms with van der Waals surface area (Å²) in [5, 5.41) is 12.3. The molecule has 2 fully saturated rings. The highest BCUT2D eigenvalue weighted by Crippen LogP contribution is 2.24. The number of carbonyl (C=O) groups is 1. The number of hydrogen-bond acceptors (Lipinski definition) is 7. The first kappa shape index (κ1) is 25.7. The first-order valence-corrected chi connectivity index (χ1v) is 12.9. The minimum Gasteiger partial charge on any atom is -0.480 e. The average molecular weight is 492 g/mol. The van der Waals surface area contributed by atoms with Gasteiger partial charge < -0.3 is 19.9 Å². The highest BCUT2D eigenvalue weighted by atomic mass is 16.5. The fourth-order valence-electron chi connectivity index (χ4n) is 5.38.